The van der Waals surface area contributed by atoms with Crippen LogP contribution in [0.3, 0.4) is 0 Å². The summed E-state index contributed by atoms with van der Waals surface area (Å²) in [5.41, 5.74) is 1.73. The Morgan fingerprint density at radius 2 is 2.05 bits per heavy atom. The highest BCUT2D eigenvalue weighted by Gasteiger charge is 2.24. The van der Waals surface area contributed by atoms with E-state index in [1.165, 1.54) is 6.07 Å². The third-order valence-electron chi connectivity index (χ3n) is 3.39. The lowest BCUT2D eigenvalue weighted by molar-refractivity contribution is 0.469. The summed E-state index contributed by atoms with van der Waals surface area (Å²) in [6, 6.07) is 10.7. The van der Waals surface area contributed by atoms with Gasteiger partial charge in [0.25, 0.3) is 0 Å². The number of nitrogens with one attached hydrogen (secondary N) is 1. The summed E-state index contributed by atoms with van der Waals surface area (Å²) >= 11 is 6.12. The molecule has 2 rings (SSSR count). The summed E-state index contributed by atoms with van der Waals surface area (Å²) < 4.78 is 13.7. The maximum absolute atomic E-state index is 13.7. The van der Waals surface area contributed by atoms with Crippen LogP contribution in [0, 0.1) is 5.82 Å². The molecule has 0 saturated carbocycles. The largest absolute Gasteiger partial charge is 0.310 e. The van der Waals surface area contributed by atoms with Crippen LogP contribution in [0.2, 0.25) is 5.02 Å². The first-order valence-corrected chi connectivity index (χ1v) is 7.11. The second-order valence-electron chi connectivity index (χ2n) is 4.72. The van der Waals surface area contributed by atoms with E-state index in [0.29, 0.717) is 0 Å². The molecule has 2 atom stereocenters. The molecule has 0 fully saturated rings. The monoisotopic (exact) mass is 292 g/mol. The highest BCUT2D eigenvalue weighted by atomic mass is 35.5. The molecule has 0 aliphatic carbocycles. The van der Waals surface area contributed by atoms with E-state index in [4.69, 9.17) is 11.6 Å². The Morgan fingerprint density at radius 3 is 2.70 bits per heavy atom. The van der Waals surface area contributed by atoms with E-state index in [1.807, 2.05) is 31.2 Å². The summed E-state index contributed by atoms with van der Waals surface area (Å²) in [6.07, 6.45) is 1.77. The van der Waals surface area contributed by atoms with Crippen molar-refractivity contribution in [2.24, 2.45) is 0 Å². The van der Waals surface area contributed by atoms with Crippen LogP contribution in [0.15, 0.2) is 42.6 Å². The van der Waals surface area contributed by atoms with Gasteiger partial charge in [0.1, 0.15) is 5.82 Å². The maximum Gasteiger partial charge on any atom is 0.142 e. The van der Waals surface area contributed by atoms with Crippen LogP contribution < -0.4 is 5.32 Å². The molecule has 1 aromatic heterocycles. The van der Waals surface area contributed by atoms with E-state index in [9.17, 15) is 4.39 Å². The van der Waals surface area contributed by atoms with Crippen molar-refractivity contribution >= 4 is 11.6 Å². The summed E-state index contributed by atoms with van der Waals surface area (Å²) in [4.78, 5) is 4.38. The minimum Gasteiger partial charge on any atom is -0.310 e. The van der Waals surface area contributed by atoms with E-state index >= 15 is 0 Å². The molecule has 0 bridgehead atoms. The number of hydrogen-bond acceptors (Lipinski definition) is 2. The second kappa shape index (κ2) is 6.82. The molecule has 0 amide bonds. The summed E-state index contributed by atoms with van der Waals surface area (Å²) in [5, 5.41) is 3.56. The topological polar surface area (TPSA) is 24.9 Å². The van der Waals surface area contributed by atoms with Crippen molar-refractivity contribution in [2.75, 3.05) is 6.54 Å². The minimum atomic E-state index is -0.389. The number of halogens is 2. The number of rotatable bonds is 5. The van der Waals surface area contributed by atoms with E-state index in [0.717, 1.165) is 17.8 Å². The van der Waals surface area contributed by atoms with Gasteiger partial charge in [-0.05, 0) is 30.3 Å². The van der Waals surface area contributed by atoms with Gasteiger partial charge >= 0.3 is 0 Å². The van der Waals surface area contributed by atoms with Crippen LogP contribution in [0.4, 0.5) is 4.39 Å². The fourth-order valence-electron chi connectivity index (χ4n) is 2.35. The minimum absolute atomic E-state index is 0.0712. The molecule has 0 aliphatic rings. The van der Waals surface area contributed by atoms with Crippen molar-refractivity contribution in [3.8, 4) is 0 Å². The number of likely N-dealkylation sites (N-methyl/N-ethyl adjacent to an activating group) is 1. The zero-order valence-corrected chi connectivity index (χ0v) is 12.4. The van der Waals surface area contributed by atoms with Gasteiger partial charge in [-0.25, -0.2) is 4.39 Å². The van der Waals surface area contributed by atoms with Crippen LogP contribution in [0.1, 0.15) is 37.1 Å². The molecule has 20 heavy (non-hydrogen) atoms. The van der Waals surface area contributed by atoms with Crippen molar-refractivity contribution in [3.05, 3.63) is 64.7 Å². The molecule has 2 unspecified atom stereocenters. The molecule has 1 N–H and O–H groups in total. The average molecular weight is 293 g/mol. The lowest BCUT2D eigenvalue weighted by atomic mass is 9.91. The smallest absolute Gasteiger partial charge is 0.142 e. The first-order chi connectivity index (χ1) is 9.65. The third-order valence-corrected chi connectivity index (χ3v) is 3.79. The Kier molecular flexibility index (Phi) is 5.10. The molecule has 4 heteroatoms. The fourth-order valence-corrected chi connectivity index (χ4v) is 2.60. The lowest BCUT2D eigenvalue weighted by Crippen LogP contribution is -2.26. The van der Waals surface area contributed by atoms with Gasteiger partial charge in [-0.2, -0.15) is 0 Å². The number of nitrogens with zero attached hydrogens (tertiary/aromatic N) is 1. The van der Waals surface area contributed by atoms with Crippen LogP contribution >= 0.6 is 11.6 Å². The first kappa shape index (κ1) is 14.9. The predicted octanol–water partition coefficient (Wildman–Crippen LogP) is 4.33. The molecule has 106 valence electrons. The Bertz CT molecular complexity index is 560. The Labute approximate surface area is 124 Å². The maximum atomic E-state index is 13.7. The number of benzene rings is 1. The van der Waals surface area contributed by atoms with Crippen LogP contribution in [-0.2, 0) is 0 Å². The molecule has 0 aliphatic heterocycles. The third kappa shape index (κ3) is 3.17. The molecular weight excluding hydrogens is 275 g/mol. The first-order valence-electron chi connectivity index (χ1n) is 6.73. The zero-order valence-electron chi connectivity index (χ0n) is 11.6. The van der Waals surface area contributed by atoms with Crippen molar-refractivity contribution in [1.82, 2.24) is 10.3 Å². The molecule has 2 nitrogen and oxygen atoms in total. The van der Waals surface area contributed by atoms with E-state index in [2.05, 4.69) is 17.2 Å². The van der Waals surface area contributed by atoms with Gasteiger partial charge < -0.3 is 5.32 Å². The van der Waals surface area contributed by atoms with Gasteiger partial charge in [0.15, 0.2) is 0 Å². The van der Waals surface area contributed by atoms with Crippen LogP contribution in [0.5, 0.6) is 0 Å². The Balaban J connectivity index is 2.38. The normalized spacial score (nSPS) is 14.0. The Morgan fingerprint density at radius 1 is 1.25 bits per heavy atom. The van der Waals surface area contributed by atoms with E-state index < -0.39 is 0 Å². The van der Waals surface area contributed by atoms with Crippen molar-refractivity contribution < 1.29 is 4.39 Å². The number of hydrogen-bond donors (Lipinski definition) is 1. The van der Waals surface area contributed by atoms with Crippen molar-refractivity contribution in [1.29, 1.82) is 0 Å². The quantitative estimate of drug-likeness (QED) is 0.887. The molecule has 1 heterocycles. The van der Waals surface area contributed by atoms with E-state index in [-0.39, 0.29) is 22.8 Å². The SMILES string of the molecule is CCNC(c1cccc(F)c1Cl)C(C)c1ccccn1. The lowest BCUT2D eigenvalue weighted by Gasteiger charge is -2.26. The number of aromatic nitrogens is 1. The van der Waals surface area contributed by atoms with Crippen molar-refractivity contribution in [3.63, 3.8) is 0 Å². The predicted molar refractivity (Wildman–Crippen MR) is 80.5 cm³/mol. The molecule has 1 aromatic carbocycles. The van der Waals surface area contributed by atoms with Gasteiger partial charge in [-0.1, -0.05) is 43.6 Å². The zero-order chi connectivity index (χ0) is 14.5. The standard InChI is InChI=1S/C16H18ClFN2/c1-3-19-16(11(2)14-9-4-5-10-20-14)12-7-6-8-13(18)15(12)17/h4-11,16,19H,3H2,1-2H3. The highest BCUT2D eigenvalue weighted by Crippen LogP contribution is 2.34. The summed E-state index contributed by atoms with van der Waals surface area (Å²) in [7, 11) is 0. The number of pyridine rings is 1. The summed E-state index contributed by atoms with van der Waals surface area (Å²) in [6.45, 7) is 4.86. The molecular formula is C16H18ClFN2. The van der Waals surface area contributed by atoms with Gasteiger partial charge in [0, 0.05) is 23.9 Å². The molecule has 2 aromatic rings. The second-order valence-corrected chi connectivity index (χ2v) is 5.10. The van der Waals surface area contributed by atoms with Gasteiger partial charge in [-0.15, -0.1) is 0 Å². The highest BCUT2D eigenvalue weighted by molar-refractivity contribution is 6.31. The average Bonchev–Trinajstić information content (AvgIpc) is 2.48. The fraction of sp³-hybridized carbons (Fsp3) is 0.312. The molecule has 0 radical (unpaired) electrons. The Hall–Kier alpha value is -1.45. The summed E-state index contributed by atoms with van der Waals surface area (Å²) in [5.74, 6) is -0.296. The van der Waals surface area contributed by atoms with Gasteiger partial charge in [0.2, 0.25) is 0 Å². The van der Waals surface area contributed by atoms with Gasteiger partial charge in [0.05, 0.1) is 5.02 Å². The molecule has 0 spiro atoms. The van der Waals surface area contributed by atoms with Crippen LogP contribution in [0.25, 0.3) is 0 Å². The van der Waals surface area contributed by atoms with Crippen LogP contribution in [-0.4, -0.2) is 11.5 Å². The van der Waals surface area contributed by atoms with Crippen molar-refractivity contribution in [2.45, 2.75) is 25.8 Å². The molecule has 0 saturated heterocycles. The van der Waals surface area contributed by atoms with E-state index in [1.54, 1.807) is 12.3 Å². The van der Waals surface area contributed by atoms with Gasteiger partial charge in [-0.3, -0.25) is 4.98 Å².